The molecule has 0 unspecified atom stereocenters. The third-order valence-corrected chi connectivity index (χ3v) is 8.89. The van der Waals surface area contributed by atoms with Crippen molar-refractivity contribution in [3.63, 3.8) is 0 Å². The van der Waals surface area contributed by atoms with Crippen LogP contribution in [-0.4, -0.2) is 25.9 Å². The molecule has 8 heteroatoms. The number of carbonyl (C=O) groups excluding carboxylic acids is 1. The number of sulfonamides is 1. The normalized spacial score (nSPS) is 12.3. The average molecular weight is 502 g/mol. The van der Waals surface area contributed by atoms with Crippen molar-refractivity contribution in [3.05, 3.63) is 101 Å². The van der Waals surface area contributed by atoms with Crippen molar-refractivity contribution in [2.45, 2.75) is 18.4 Å². The number of amides is 1. The van der Waals surface area contributed by atoms with Gasteiger partial charge in [0.05, 0.1) is 20.8 Å². The van der Waals surface area contributed by atoms with Crippen LogP contribution in [0, 0.1) is 0 Å². The van der Waals surface area contributed by atoms with Crippen molar-refractivity contribution < 1.29 is 13.2 Å². The van der Waals surface area contributed by atoms with Crippen LogP contribution in [0.3, 0.4) is 0 Å². The first-order valence-corrected chi connectivity index (χ1v) is 13.4. The van der Waals surface area contributed by atoms with E-state index in [9.17, 15) is 13.2 Å². The van der Waals surface area contributed by atoms with Gasteiger partial charge in [0, 0.05) is 24.5 Å². The highest BCUT2D eigenvalue weighted by Crippen LogP contribution is 2.28. The predicted octanol–water partition coefficient (Wildman–Crippen LogP) is 5.44. The van der Waals surface area contributed by atoms with E-state index in [1.54, 1.807) is 24.3 Å². The number of aryl methyl sites for hydroxylation is 1. The summed E-state index contributed by atoms with van der Waals surface area (Å²) in [6.07, 6.45) is 0. The van der Waals surface area contributed by atoms with Crippen LogP contribution in [-0.2, 0) is 16.6 Å². The van der Waals surface area contributed by atoms with Crippen LogP contribution in [0.5, 0.6) is 0 Å². The Bertz CT molecular complexity index is 1720. The Morgan fingerprint density at radius 3 is 2.31 bits per heavy atom. The fraction of sp³-hybridized carbons (Fsp3) is 0.111. The molecule has 5 rings (SSSR count). The van der Waals surface area contributed by atoms with Crippen LogP contribution < -0.4 is 9.11 Å². The zero-order chi connectivity index (χ0) is 24.6. The second-order valence-corrected chi connectivity index (χ2v) is 11.0. The summed E-state index contributed by atoms with van der Waals surface area (Å²) in [5, 5.41) is 2.27. The third-order valence-electron chi connectivity index (χ3n) is 5.97. The number of thiazole rings is 1. The smallest absolute Gasteiger partial charge is 0.279 e. The third kappa shape index (κ3) is 4.15. The Labute approximate surface area is 207 Å². The molecule has 0 spiro atoms. The van der Waals surface area contributed by atoms with Gasteiger partial charge in [-0.3, -0.25) is 9.10 Å². The van der Waals surface area contributed by atoms with E-state index >= 15 is 0 Å². The Hall–Kier alpha value is -3.75. The first-order valence-electron chi connectivity index (χ1n) is 11.1. The van der Waals surface area contributed by atoms with E-state index in [1.807, 2.05) is 29.7 Å². The molecule has 0 N–H and O–H groups in total. The SMILES string of the molecule is CCn1c(=NC(=O)c2ccc(S(=O)(=O)N(C)c3ccccc3)cc2)sc2c3ccccc3ccc21. The second kappa shape index (κ2) is 9.13. The minimum Gasteiger partial charge on any atom is -0.317 e. The topological polar surface area (TPSA) is 71.7 Å². The van der Waals surface area contributed by atoms with Crippen molar-refractivity contribution in [3.8, 4) is 0 Å². The van der Waals surface area contributed by atoms with Gasteiger partial charge in [0.25, 0.3) is 15.9 Å². The molecule has 4 aromatic carbocycles. The summed E-state index contributed by atoms with van der Waals surface area (Å²) < 4.78 is 30.4. The summed E-state index contributed by atoms with van der Waals surface area (Å²) in [6.45, 7) is 2.70. The summed E-state index contributed by atoms with van der Waals surface area (Å²) in [5.41, 5.74) is 1.92. The molecule has 0 radical (unpaired) electrons. The molecule has 6 nitrogen and oxygen atoms in total. The number of benzene rings is 4. The van der Waals surface area contributed by atoms with Gasteiger partial charge in [-0.15, -0.1) is 0 Å². The van der Waals surface area contributed by atoms with Crippen molar-refractivity contribution in [2.75, 3.05) is 11.4 Å². The summed E-state index contributed by atoms with van der Waals surface area (Å²) in [6, 6.07) is 27.1. The van der Waals surface area contributed by atoms with E-state index in [1.165, 1.54) is 47.0 Å². The minimum atomic E-state index is -3.75. The maximum atomic E-state index is 13.0. The Kier molecular flexibility index (Phi) is 6.00. The Morgan fingerprint density at radius 1 is 0.914 bits per heavy atom. The van der Waals surface area contributed by atoms with E-state index in [-0.39, 0.29) is 4.90 Å². The maximum absolute atomic E-state index is 13.0. The van der Waals surface area contributed by atoms with E-state index in [2.05, 4.69) is 29.3 Å². The number of carbonyl (C=O) groups is 1. The van der Waals surface area contributed by atoms with E-state index < -0.39 is 15.9 Å². The van der Waals surface area contributed by atoms with Gasteiger partial charge in [0.1, 0.15) is 0 Å². The zero-order valence-corrected chi connectivity index (χ0v) is 20.9. The lowest BCUT2D eigenvalue weighted by Crippen LogP contribution is -2.26. The molecule has 35 heavy (non-hydrogen) atoms. The van der Waals surface area contributed by atoms with Crippen LogP contribution in [0.15, 0.2) is 101 Å². The van der Waals surface area contributed by atoms with Crippen LogP contribution in [0.2, 0.25) is 0 Å². The number of hydrogen-bond acceptors (Lipinski definition) is 4. The van der Waals surface area contributed by atoms with Gasteiger partial charge in [-0.25, -0.2) is 8.42 Å². The molecule has 0 aliphatic carbocycles. The molecule has 176 valence electrons. The molecule has 1 heterocycles. The van der Waals surface area contributed by atoms with Crippen molar-refractivity contribution in [2.24, 2.45) is 4.99 Å². The quantitative estimate of drug-likeness (QED) is 0.322. The minimum absolute atomic E-state index is 0.109. The first-order chi connectivity index (χ1) is 16.9. The van der Waals surface area contributed by atoms with Crippen molar-refractivity contribution in [1.82, 2.24) is 4.57 Å². The number of para-hydroxylation sites is 1. The lowest BCUT2D eigenvalue weighted by Gasteiger charge is -2.19. The largest absolute Gasteiger partial charge is 0.317 e. The fourth-order valence-electron chi connectivity index (χ4n) is 4.05. The summed E-state index contributed by atoms with van der Waals surface area (Å²) in [5.74, 6) is -0.413. The monoisotopic (exact) mass is 501 g/mol. The van der Waals surface area contributed by atoms with E-state index in [0.29, 0.717) is 22.6 Å². The van der Waals surface area contributed by atoms with Crippen LogP contribution in [0.1, 0.15) is 17.3 Å². The van der Waals surface area contributed by atoms with Gasteiger partial charge in [-0.1, -0.05) is 59.9 Å². The molecule has 0 fully saturated rings. The number of rotatable bonds is 5. The van der Waals surface area contributed by atoms with Crippen LogP contribution in [0.4, 0.5) is 5.69 Å². The number of hydrogen-bond donors (Lipinski definition) is 0. The zero-order valence-electron chi connectivity index (χ0n) is 19.3. The fourth-order valence-corrected chi connectivity index (χ4v) is 6.47. The second-order valence-electron chi connectivity index (χ2n) is 8.01. The highest BCUT2D eigenvalue weighted by Gasteiger charge is 2.21. The lowest BCUT2D eigenvalue weighted by atomic mass is 10.1. The highest BCUT2D eigenvalue weighted by molar-refractivity contribution is 7.92. The first kappa shape index (κ1) is 23.0. The molecule has 0 saturated heterocycles. The van der Waals surface area contributed by atoms with Gasteiger partial charge < -0.3 is 4.57 Å². The molecular weight excluding hydrogens is 478 g/mol. The van der Waals surface area contributed by atoms with Crippen LogP contribution in [0.25, 0.3) is 21.0 Å². The van der Waals surface area contributed by atoms with Gasteiger partial charge >= 0.3 is 0 Å². The molecule has 5 aromatic rings. The van der Waals surface area contributed by atoms with E-state index in [4.69, 9.17) is 0 Å². The van der Waals surface area contributed by atoms with Crippen LogP contribution >= 0.6 is 11.3 Å². The predicted molar refractivity (Wildman–Crippen MR) is 141 cm³/mol. The molecular formula is C27H23N3O3S2. The molecule has 0 aliphatic rings. The number of aromatic nitrogens is 1. The van der Waals surface area contributed by atoms with Gasteiger partial charge in [0.2, 0.25) is 0 Å². The molecule has 1 aromatic heterocycles. The summed E-state index contributed by atoms with van der Waals surface area (Å²) >= 11 is 1.48. The highest BCUT2D eigenvalue weighted by atomic mass is 32.2. The Morgan fingerprint density at radius 2 is 1.60 bits per heavy atom. The van der Waals surface area contributed by atoms with Crippen molar-refractivity contribution >= 4 is 53.9 Å². The molecule has 0 aliphatic heterocycles. The van der Waals surface area contributed by atoms with Gasteiger partial charge in [-0.05, 0) is 54.8 Å². The lowest BCUT2D eigenvalue weighted by molar-refractivity contribution is 0.0997. The standard InChI is InChI=1S/C27H23N3O3S2/c1-3-30-24-18-15-19-9-7-8-12-23(19)25(24)34-27(30)28-26(31)20-13-16-22(17-14-20)35(32,33)29(2)21-10-5-4-6-11-21/h4-18H,3H2,1-2H3. The maximum Gasteiger partial charge on any atom is 0.279 e. The number of nitrogens with zero attached hydrogens (tertiary/aromatic N) is 3. The number of fused-ring (bicyclic) bond motifs is 3. The van der Waals surface area contributed by atoms with Gasteiger partial charge in [0.15, 0.2) is 4.80 Å². The number of anilines is 1. The van der Waals surface area contributed by atoms with Crippen molar-refractivity contribution in [1.29, 1.82) is 0 Å². The van der Waals surface area contributed by atoms with Gasteiger partial charge in [-0.2, -0.15) is 4.99 Å². The molecule has 0 atom stereocenters. The molecule has 0 bridgehead atoms. The Balaban J connectivity index is 1.50. The van der Waals surface area contributed by atoms with E-state index in [0.717, 1.165) is 21.0 Å². The summed E-state index contributed by atoms with van der Waals surface area (Å²) in [7, 11) is -2.25. The molecule has 1 amide bonds. The average Bonchev–Trinajstić information content (AvgIpc) is 3.26. The molecule has 0 saturated carbocycles. The summed E-state index contributed by atoms with van der Waals surface area (Å²) in [4.78, 5) is 18.1.